The van der Waals surface area contributed by atoms with Crippen LogP contribution in [0.3, 0.4) is 0 Å². The first-order valence-electron chi connectivity index (χ1n) is 8.34. The number of halogens is 1. The number of carbonyl (C=O) groups excluding carboxylic acids is 1. The molecule has 0 heterocycles. The number of anilines is 1. The number of ether oxygens (including phenoxy) is 1. The molecule has 0 aliphatic heterocycles. The SMILES string of the molecule is Cc1ccc(C(=O)Nc2cccc(OCc3cccc(C#N)c3)c2)cc1F. The van der Waals surface area contributed by atoms with Crippen LogP contribution in [0.4, 0.5) is 10.1 Å². The molecule has 134 valence electrons. The summed E-state index contributed by atoms with van der Waals surface area (Å²) in [6.07, 6.45) is 0. The molecule has 0 saturated heterocycles. The molecule has 0 saturated carbocycles. The molecule has 0 radical (unpaired) electrons. The van der Waals surface area contributed by atoms with E-state index in [9.17, 15) is 9.18 Å². The van der Waals surface area contributed by atoms with Gasteiger partial charge in [-0.2, -0.15) is 5.26 Å². The lowest BCUT2D eigenvalue weighted by molar-refractivity contribution is 0.102. The summed E-state index contributed by atoms with van der Waals surface area (Å²) in [6.45, 7) is 1.94. The zero-order chi connectivity index (χ0) is 19.2. The van der Waals surface area contributed by atoms with E-state index in [2.05, 4.69) is 11.4 Å². The van der Waals surface area contributed by atoms with Gasteiger partial charge in [0, 0.05) is 17.3 Å². The summed E-state index contributed by atoms with van der Waals surface area (Å²) in [7, 11) is 0. The zero-order valence-electron chi connectivity index (χ0n) is 14.7. The molecule has 0 spiro atoms. The lowest BCUT2D eigenvalue weighted by atomic mass is 10.1. The number of aryl methyl sites for hydroxylation is 1. The molecular formula is C22H17FN2O2. The molecule has 0 aliphatic carbocycles. The van der Waals surface area contributed by atoms with E-state index in [0.29, 0.717) is 29.2 Å². The molecule has 3 rings (SSSR count). The first-order chi connectivity index (χ1) is 13.0. The van der Waals surface area contributed by atoms with Gasteiger partial charge in [-0.3, -0.25) is 4.79 Å². The van der Waals surface area contributed by atoms with Gasteiger partial charge in [-0.25, -0.2) is 4.39 Å². The van der Waals surface area contributed by atoms with Crippen LogP contribution >= 0.6 is 0 Å². The van der Waals surface area contributed by atoms with Gasteiger partial charge in [-0.05, 0) is 54.4 Å². The molecule has 0 aliphatic rings. The minimum atomic E-state index is -0.417. The van der Waals surface area contributed by atoms with E-state index in [0.717, 1.165) is 5.56 Å². The summed E-state index contributed by atoms with van der Waals surface area (Å²) in [6, 6.07) is 20.6. The first-order valence-corrected chi connectivity index (χ1v) is 8.34. The Kier molecular flexibility index (Phi) is 5.48. The number of hydrogen-bond donors (Lipinski definition) is 1. The van der Waals surface area contributed by atoms with Crippen molar-refractivity contribution in [3.8, 4) is 11.8 Å². The minimum absolute atomic E-state index is 0.248. The monoisotopic (exact) mass is 360 g/mol. The third-order valence-corrected chi connectivity index (χ3v) is 3.99. The van der Waals surface area contributed by atoms with Crippen molar-refractivity contribution in [2.75, 3.05) is 5.32 Å². The van der Waals surface area contributed by atoms with Crippen LogP contribution in [0, 0.1) is 24.1 Å². The normalized spacial score (nSPS) is 10.1. The maximum Gasteiger partial charge on any atom is 0.255 e. The van der Waals surface area contributed by atoms with Crippen molar-refractivity contribution >= 4 is 11.6 Å². The minimum Gasteiger partial charge on any atom is -0.489 e. The van der Waals surface area contributed by atoms with E-state index >= 15 is 0 Å². The van der Waals surface area contributed by atoms with Crippen molar-refractivity contribution in [2.45, 2.75) is 13.5 Å². The molecule has 5 heteroatoms. The first kappa shape index (κ1) is 18.2. The number of nitrogens with one attached hydrogen (secondary N) is 1. The highest BCUT2D eigenvalue weighted by Gasteiger charge is 2.09. The van der Waals surface area contributed by atoms with Crippen molar-refractivity contribution in [1.82, 2.24) is 0 Å². The lowest BCUT2D eigenvalue weighted by Gasteiger charge is -2.10. The highest BCUT2D eigenvalue weighted by atomic mass is 19.1. The number of amides is 1. The van der Waals surface area contributed by atoms with Gasteiger partial charge in [0.2, 0.25) is 0 Å². The van der Waals surface area contributed by atoms with Gasteiger partial charge in [-0.15, -0.1) is 0 Å². The Balaban J connectivity index is 1.67. The largest absolute Gasteiger partial charge is 0.489 e. The highest BCUT2D eigenvalue weighted by Crippen LogP contribution is 2.20. The highest BCUT2D eigenvalue weighted by molar-refractivity contribution is 6.04. The number of nitriles is 1. The van der Waals surface area contributed by atoms with Crippen molar-refractivity contribution < 1.29 is 13.9 Å². The van der Waals surface area contributed by atoms with Crippen LogP contribution < -0.4 is 10.1 Å². The summed E-state index contributed by atoms with van der Waals surface area (Å²) in [5, 5.41) is 11.7. The van der Waals surface area contributed by atoms with Crippen LogP contribution in [-0.4, -0.2) is 5.91 Å². The van der Waals surface area contributed by atoms with Crippen molar-refractivity contribution in [1.29, 1.82) is 5.26 Å². The van der Waals surface area contributed by atoms with Crippen molar-refractivity contribution in [3.05, 3.63) is 94.8 Å². The van der Waals surface area contributed by atoms with E-state index in [1.54, 1.807) is 61.5 Å². The molecule has 1 N–H and O–H groups in total. The molecule has 27 heavy (non-hydrogen) atoms. The second kappa shape index (κ2) is 8.15. The average Bonchev–Trinajstić information content (AvgIpc) is 2.69. The number of carbonyl (C=O) groups is 1. The number of hydrogen-bond acceptors (Lipinski definition) is 3. The molecular weight excluding hydrogens is 343 g/mol. The number of nitrogens with zero attached hydrogens (tertiary/aromatic N) is 1. The molecule has 0 fully saturated rings. The Labute approximate surface area is 156 Å². The average molecular weight is 360 g/mol. The van der Waals surface area contributed by atoms with Crippen LogP contribution in [0.5, 0.6) is 5.75 Å². The van der Waals surface area contributed by atoms with Crippen LogP contribution in [0.15, 0.2) is 66.7 Å². The van der Waals surface area contributed by atoms with Crippen LogP contribution in [0.25, 0.3) is 0 Å². The molecule has 0 unspecified atom stereocenters. The molecule has 3 aromatic rings. The number of benzene rings is 3. The Morgan fingerprint density at radius 1 is 1.11 bits per heavy atom. The van der Waals surface area contributed by atoms with Gasteiger partial charge in [0.05, 0.1) is 11.6 Å². The predicted molar refractivity (Wildman–Crippen MR) is 101 cm³/mol. The second-order valence-corrected chi connectivity index (χ2v) is 6.05. The Hall–Kier alpha value is -3.65. The number of rotatable bonds is 5. The van der Waals surface area contributed by atoms with Crippen LogP contribution in [0.1, 0.15) is 27.0 Å². The molecule has 0 atom stereocenters. The maximum absolute atomic E-state index is 13.6. The zero-order valence-corrected chi connectivity index (χ0v) is 14.7. The third kappa shape index (κ3) is 4.71. The van der Waals surface area contributed by atoms with E-state index in [1.165, 1.54) is 6.07 Å². The van der Waals surface area contributed by atoms with Crippen molar-refractivity contribution in [2.24, 2.45) is 0 Å². The molecule has 1 amide bonds. The van der Waals surface area contributed by atoms with Crippen LogP contribution in [-0.2, 0) is 6.61 Å². The second-order valence-electron chi connectivity index (χ2n) is 6.05. The molecule has 0 aromatic heterocycles. The quantitative estimate of drug-likeness (QED) is 0.708. The summed E-state index contributed by atoms with van der Waals surface area (Å²) in [4.78, 5) is 12.3. The Morgan fingerprint density at radius 3 is 2.70 bits per heavy atom. The summed E-state index contributed by atoms with van der Waals surface area (Å²) < 4.78 is 19.4. The smallest absolute Gasteiger partial charge is 0.255 e. The van der Waals surface area contributed by atoms with Gasteiger partial charge in [-0.1, -0.05) is 24.3 Å². The fourth-order valence-corrected chi connectivity index (χ4v) is 2.50. The Bertz CT molecular complexity index is 1020. The van der Waals surface area contributed by atoms with E-state index < -0.39 is 11.7 Å². The third-order valence-electron chi connectivity index (χ3n) is 3.99. The topological polar surface area (TPSA) is 62.1 Å². The summed E-state index contributed by atoms with van der Waals surface area (Å²) in [5.41, 5.74) is 2.73. The maximum atomic E-state index is 13.6. The van der Waals surface area contributed by atoms with Gasteiger partial charge in [0.1, 0.15) is 18.2 Å². The van der Waals surface area contributed by atoms with E-state index in [-0.39, 0.29) is 5.56 Å². The van der Waals surface area contributed by atoms with Crippen molar-refractivity contribution in [3.63, 3.8) is 0 Å². The van der Waals surface area contributed by atoms with E-state index in [4.69, 9.17) is 10.00 Å². The van der Waals surface area contributed by atoms with Gasteiger partial charge in [0.15, 0.2) is 0 Å². The van der Waals surface area contributed by atoms with Gasteiger partial charge >= 0.3 is 0 Å². The Morgan fingerprint density at radius 2 is 1.93 bits per heavy atom. The van der Waals surface area contributed by atoms with Gasteiger partial charge in [0.25, 0.3) is 5.91 Å². The van der Waals surface area contributed by atoms with Gasteiger partial charge < -0.3 is 10.1 Å². The molecule has 4 nitrogen and oxygen atoms in total. The fraction of sp³-hybridized carbons (Fsp3) is 0.0909. The summed E-state index contributed by atoms with van der Waals surface area (Å²) >= 11 is 0. The molecule has 3 aromatic carbocycles. The predicted octanol–water partition coefficient (Wildman–Crippen LogP) is 4.84. The van der Waals surface area contributed by atoms with Crippen LogP contribution in [0.2, 0.25) is 0 Å². The lowest BCUT2D eigenvalue weighted by Crippen LogP contribution is -2.12. The molecule has 0 bridgehead atoms. The van der Waals surface area contributed by atoms with E-state index in [1.807, 2.05) is 6.07 Å². The summed E-state index contributed by atoms with van der Waals surface area (Å²) in [5.74, 6) is -0.239. The fourth-order valence-electron chi connectivity index (χ4n) is 2.50. The standard InChI is InChI=1S/C22H17FN2O2/c1-15-8-9-18(11-21(15)23)22(26)25-19-6-3-7-20(12-19)27-14-17-5-2-4-16(10-17)13-24/h2-12H,14H2,1H3,(H,25,26).